The third-order valence-corrected chi connectivity index (χ3v) is 4.94. The second kappa shape index (κ2) is 7.86. The van der Waals surface area contributed by atoms with E-state index in [0.717, 1.165) is 28.2 Å². The summed E-state index contributed by atoms with van der Waals surface area (Å²) in [6, 6.07) is 6.38. The van der Waals surface area contributed by atoms with E-state index in [9.17, 15) is 19.2 Å². The van der Waals surface area contributed by atoms with Gasteiger partial charge in [-0.1, -0.05) is 36.6 Å². The molecule has 7 nitrogen and oxygen atoms in total. The van der Waals surface area contributed by atoms with Crippen molar-refractivity contribution in [2.75, 3.05) is 13.1 Å². The van der Waals surface area contributed by atoms with Crippen LogP contribution in [0.3, 0.4) is 0 Å². The normalized spacial score (nSPS) is 18.1. The SMILES string of the molecule is O=C(CN1C(=O)C(=O)N(C2CCCC2)C1=O)NCCc1cccc(Cl)c1. The van der Waals surface area contributed by atoms with Gasteiger partial charge in [0.2, 0.25) is 5.91 Å². The summed E-state index contributed by atoms with van der Waals surface area (Å²) in [7, 11) is 0. The van der Waals surface area contributed by atoms with Gasteiger partial charge >= 0.3 is 17.8 Å². The summed E-state index contributed by atoms with van der Waals surface area (Å²) in [6.45, 7) is -0.0994. The largest absolute Gasteiger partial charge is 0.354 e. The van der Waals surface area contributed by atoms with E-state index in [1.165, 1.54) is 0 Å². The number of carbonyl (C=O) groups excluding carboxylic acids is 4. The highest BCUT2D eigenvalue weighted by Gasteiger charge is 2.48. The molecule has 0 radical (unpaired) electrons. The second-order valence-electron chi connectivity index (χ2n) is 6.52. The highest BCUT2D eigenvalue weighted by atomic mass is 35.5. The fraction of sp³-hybridized carbons (Fsp3) is 0.444. The predicted molar refractivity (Wildman–Crippen MR) is 94.4 cm³/mol. The van der Waals surface area contributed by atoms with Crippen LogP contribution < -0.4 is 5.32 Å². The molecule has 1 saturated heterocycles. The van der Waals surface area contributed by atoms with Crippen LogP contribution >= 0.6 is 11.6 Å². The number of hydrogen-bond acceptors (Lipinski definition) is 4. The van der Waals surface area contributed by atoms with Gasteiger partial charge in [0.1, 0.15) is 6.54 Å². The minimum absolute atomic E-state index is 0.227. The summed E-state index contributed by atoms with van der Waals surface area (Å²) in [5, 5.41) is 3.28. The number of carbonyl (C=O) groups is 4. The molecule has 2 aliphatic rings. The Hall–Kier alpha value is -2.41. The standard InChI is InChI=1S/C18H20ClN3O4/c19-13-5-3-4-12(10-13)8-9-20-15(23)11-21-16(24)17(25)22(18(21)26)14-6-1-2-7-14/h3-5,10,14H,1-2,6-9,11H2,(H,20,23). The lowest BCUT2D eigenvalue weighted by Gasteiger charge is -2.20. The van der Waals surface area contributed by atoms with Crippen molar-refractivity contribution >= 4 is 35.4 Å². The molecule has 1 aliphatic heterocycles. The maximum atomic E-state index is 12.4. The third-order valence-electron chi connectivity index (χ3n) is 4.70. The average Bonchev–Trinajstić information content (AvgIpc) is 3.19. The molecule has 1 saturated carbocycles. The zero-order valence-corrected chi connectivity index (χ0v) is 15.0. The first-order chi connectivity index (χ1) is 12.5. The maximum Gasteiger partial charge on any atom is 0.334 e. The predicted octanol–water partition coefficient (Wildman–Crippen LogP) is 1.73. The number of halogens is 1. The van der Waals surface area contributed by atoms with Crippen molar-refractivity contribution in [3.63, 3.8) is 0 Å². The summed E-state index contributed by atoms with van der Waals surface area (Å²) in [5.74, 6) is -2.23. The van der Waals surface area contributed by atoms with Crippen LogP contribution in [0, 0.1) is 0 Å². The van der Waals surface area contributed by atoms with Gasteiger partial charge < -0.3 is 5.32 Å². The molecule has 26 heavy (non-hydrogen) atoms. The van der Waals surface area contributed by atoms with Gasteiger partial charge in [0.15, 0.2) is 0 Å². The molecule has 0 aromatic heterocycles. The second-order valence-corrected chi connectivity index (χ2v) is 6.95. The first-order valence-electron chi connectivity index (χ1n) is 8.67. The zero-order chi connectivity index (χ0) is 18.7. The van der Waals surface area contributed by atoms with E-state index in [4.69, 9.17) is 11.6 Å². The molecule has 0 unspecified atom stereocenters. The van der Waals surface area contributed by atoms with Gasteiger partial charge in [-0.25, -0.2) is 9.69 Å². The number of nitrogens with one attached hydrogen (secondary N) is 1. The Morgan fingerprint density at radius 2 is 1.88 bits per heavy atom. The third kappa shape index (κ3) is 3.88. The van der Waals surface area contributed by atoms with Crippen LogP contribution in [0.1, 0.15) is 31.2 Å². The first-order valence-corrected chi connectivity index (χ1v) is 9.05. The number of benzene rings is 1. The summed E-state index contributed by atoms with van der Waals surface area (Å²) in [6.07, 6.45) is 3.86. The van der Waals surface area contributed by atoms with E-state index in [1.807, 2.05) is 12.1 Å². The molecule has 1 aromatic carbocycles. The lowest BCUT2D eigenvalue weighted by Crippen LogP contribution is -2.43. The lowest BCUT2D eigenvalue weighted by atomic mass is 10.1. The molecule has 1 N–H and O–H groups in total. The van der Waals surface area contributed by atoms with E-state index >= 15 is 0 Å². The first kappa shape index (κ1) is 18.4. The van der Waals surface area contributed by atoms with Crippen molar-refractivity contribution in [3.05, 3.63) is 34.9 Å². The van der Waals surface area contributed by atoms with Crippen LogP contribution in [0.2, 0.25) is 5.02 Å². The van der Waals surface area contributed by atoms with Crippen LogP contribution in [-0.2, 0) is 20.8 Å². The number of imide groups is 2. The quantitative estimate of drug-likeness (QED) is 0.604. The Bertz CT molecular complexity index is 746. The molecule has 138 valence electrons. The molecular formula is C18H20ClN3O4. The van der Waals surface area contributed by atoms with Crippen molar-refractivity contribution in [2.45, 2.75) is 38.1 Å². The van der Waals surface area contributed by atoms with Crippen LogP contribution in [-0.4, -0.2) is 52.7 Å². The molecule has 0 atom stereocenters. The van der Waals surface area contributed by atoms with Crippen molar-refractivity contribution < 1.29 is 19.2 Å². The molecule has 1 aliphatic carbocycles. The molecule has 5 amide bonds. The zero-order valence-electron chi connectivity index (χ0n) is 14.2. The van der Waals surface area contributed by atoms with E-state index in [2.05, 4.69) is 5.32 Å². The monoisotopic (exact) mass is 377 g/mol. The van der Waals surface area contributed by atoms with Crippen molar-refractivity contribution in [1.82, 2.24) is 15.1 Å². The number of urea groups is 1. The van der Waals surface area contributed by atoms with Gasteiger partial charge in [-0.05, 0) is 37.0 Å². The van der Waals surface area contributed by atoms with Crippen molar-refractivity contribution in [2.24, 2.45) is 0 Å². The Morgan fingerprint density at radius 1 is 1.15 bits per heavy atom. The highest BCUT2D eigenvalue weighted by Crippen LogP contribution is 2.27. The van der Waals surface area contributed by atoms with Gasteiger partial charge in [0, 0.05) is 17.6 Å². The minimum atomic E-state index is -0.924. The van der Waals surface area contributed by atoms with Crippen LogP contribution in [0.5, 0.6) is 0 Å². The molecule has 8 heteroatoms. The van der Waals surface area contributed by atoms with Gasteiger partial charge in [-0.2, -0.15) is 0 Å². The molecule has 0 spiro atoms. The Morgan fingerprint density at radius 3 is 2.58 bits per heavy atom. The summed E-state index contributed by atoms with van der Waals surface area (Å²) in [4.78, 5) is 50.4. The van der Waals surface area contributed by atoms with E-state index < -0.39 is 30.3 Å². The molecular weight excluding hydrogens is 358 g/mol. The topological polar surface area (TPSA) is 86.8 Å². The molecule has 1 heterocycles. The minimum Gasteiger partial charge on any atom is -0.354 e. The van der Waals surface area contributed by atoms with E-state index in [-0.39, 0.29) is 6.04 Å². The van der Waals surface area contributed by atoms with Crippen LogP contribution in [0.4, 0.5) is 4.79 Å². The van der Waals surface area contributed by atoms with Crippen LogP contribution in [0.15, 0.2) is 24.3 Å². The van der Waals surface area contributed by atoms with Crippen molar-refractivity contribution in [3.8, 4) is 0 Å². The van der Waals surface area contributed by atoms with Crippen LogP contribution in [0.25, 0.3) is 0 Å². The number of hydrogen-bond donors (Lipinski definition) is 1. The van der Waals surface area contributed by atoms with Gasteiger partial charge in [-0.15, -0.1) is 0 Å². The van der Waals surface area contributed by atoms with Gasteiger partial charge in [0.05, 0.1) is 0 Å². The number of nitrogens with zero attached hydrogens (tertiary/aromatic N) is 2. The fourth-order valence-electron chi connectivity index (χ4n) is 3.38. The Balaban J connectivity index is 1.52. The smallest absolute Gasteiger partial charge is 0.334 e. The van der Waals surface area contributed by atoms with E-state index in [1.54, 1.807) is 12.1 Å². The maximum absolute atomic E-state index is 12.4. The molecule has 3 rings (SSSR count). The van der Waals surface area contributed by atoms with Gasteiger partial charge in [-0.3, -0.25) is 19.3 Å². The Labute approximate surface area is 156 Å². The Kier molecular flexibility index (Phi) is 5.56. The van der Waals surface area contributed by atoms with E-state index in [0.29, 0.717) is 30.8 Å². The number of rotatable bonds is 6. The average molecular weight is 378 g/mol. The molecule has 0 bridgehead atoms. The molecule has 1 aromatic rings. The van der Waals surface area contributed by atoms with Crippen molar-refractivity contribution in [1.29, 1.82) is 0 Å². The van der Waals surface area contributed by atoms with Gasteiger partial charge in [0.25, 0.3) is 0 Å². The fourth-order valence-corrected chi connectivity index (χ4v) is 3.60. The summed E-state index contributed by atoms with van der Waals surface area (Å²) in [5.41, 5.74) is 0.966. The summed E-state index contributed by atoms with van der Waals surface area (Å²) < 4.78 is 0. The highest BCUT2D eigenvalue weighted by molar-refractivity contribution is 6.45. The number of amides is 5. The molecule has 2 fully saturated rings. The lowest BCUT2D eigenvalue weighted by molar-refractivity contribution is -0.144. The summed E-state index contributed by atoms with van der Waals surface area (Å²) >= 11 is 5.91.